The molecule has 0 aliphatic rings. The van der Waals surface area contributed by atoms with Crippen LogP contribution < -0.4 is 10.2 Å². The van der Waals surface area contributed by atoms with Crippen LogP contribution in [0.25, 0.3) is 11.0 Å². The van der Waals surface area contributed by atoms with Gasteiger partial charge >= 0.3 is 5.97 Å². The van der Waals surface area contributed by atoms with Crippen LogP contribution in [0.1, 0.15) is 20.9 Å². The molecule has 0 radical (unpaired) electrons. The summed E-state index contributed by atoms with van der Waals surface area (Å²) >= 11 is 11.8. The minimum atomic E-state index is -0.933. The minimum absolute atomic E-state index is 0.187. The second kappa shape index (κ2) is 7.82. The van der Waals surface area contributed by atoms with Gasteiger partial charge < -0.3 is 13.9 Å². The Bertz CT molecular complexity index is 1100. The van der Waals surface area contributed by atoms with Gasteiger partial charge in [0, 0.05) is 16.7 Å². The van der Waals surface area contributed by atoms with Gasteiger partial charge in [-0.3, -0.25) is 9.59 Å². The van der Waals surface area contributed by atoms with Gasteiger partial charge in [0.05, 0.1) is 17.5 Å². The predicted molar refractivity (Wildman–Crippen MR) is 100 cm³/mol. The smallest absolute Gasteiger partial charge is 0.374 e. The Labute approximate surface area is 163 Å². The van der Waals surface area contributed by atoms with Crippen molar-refractivity contribution < 1.29 is 23.5 Å². The fraction of sp³-hybridized carbons (Fsp3) is 0.105. The Morgan fingerprint density at radius 1 is 1.07 bits per heavy atom. The summed E-state index contributed by atoms with van der Waals surface area (Å²) in [6, 6.07) is 9.88. The third kappa shape index (κ3) is 4.13. The molecule has 27 heavy (non-hydrogen) atoms. The maximum Gasteiger partial charge on any atom is 0.374 e. The Morgan fingerprint density at radius 2 is 1.85 bits per heavy atom. The molecule has 0 N–H and O–H groups in total. The molecule has 0 amide bonds. The van der Waals surface area contributed by atoms with E-state index >= 15 is 0 Å². The summed E-state index contributed by atoms with van der Waals surface area (Å²) in [6.45, 7) is -0.538. The molecule has 2 aromatic carbocycles. The first-order chi connectivity index (χ1) is 12.9. The number of Topliss-reactive ketones (excluding diaryl/α,β-unsaturated/α-hetero) is 1. The lowest BCUT2D eigenvalue weighted by molar-refractivity contribution is 0.0444. The number of methoxy groups -OCH3 is 1. The van der Waals surface area contributed by atoms with Crippen molar-refractivity contribution in [3.8, 4) is 5.75 Å². The number of carbonyl (C=O) groups excluding carboxylic acids is 2. The van der Waals surface area contributed by atoms with Gasteiger partial charge in [-0.1, -0.05) is 23.2 Å². The molecule has 0 spiro atoms. The van der Waals surface area contributed by atoms with Crippen molar-refractivity contribution in [2.45, 2.75) is 0 Å². The van der Waals surface area contributed by atoms with E-state index in [9.17, 15) is 14.4 Å². The van der Waals surface area contributed by atoms with Gasteiger partial charge in [0.1, 0.15) is 11.3 Å². The quantitative estimate of drug-likeness (QED) is 0.467. The van der Waals surface area contributed by atoms with Crippen LogP contribution in [0.4, 0.5) is 0 Å². The van der Waals surface area contributed by atoms with Gasteiger partial charge in [0.25, 0.3) is 0 Å². The van der Waals surface area contributed by atoms with Gasteiger partial charge in [0.15, 0.2) is 17.8 Å². The molecule has 6 nitrogen and oxygen atoms in total. The van der Waals surface area contributed by atoms with E-state index in [2.05, 4.69) is 0 Å². The Kier molecular flexibility index (Phi) is 5.48. The van der Waals surface area contributed by atoms with Gasteiger partial charge in [-0.2, -0.15) is 0 Å². The van der Waals surface area contributed by atoms with E-state index < -0.39 is 23.8 Å². The van der Waals surface area contributed by atoms with Crippen molar-refractivity contribution in [2.75, 3.05) is 13.7 Å². The van der Waals surface area contributed by atoms with E-state index in [1.165, 1.54) is 43.5 Å². The van der Waals surface area contributed by atoms with Crippen LogP contribution in [0.3, 0.4) is 0 Å². The minimum Gasteiger partial charge on any atom is -0.495 e. The molecule has 3 rings (SSSR count). The monoisotopic (exact) mass is 406 g/mol. The SMILES string of the molecule is COc1ccc(C(=O)COC(=O)c2cc(=O)c3cc(Cl)ccc3o2)cc1Cl. The first kappa shape index (κ1) is 18.9. The maximum absolute atomic E-state index is 12.2. The van der Waals surface area contributed by atoms with Crippen LogP contribution in [0.2, 0.25) is 10.0 Å². The van der Waals surface area contributed by atoms with Crippen LogP contribution >= 0.6 is 23.2 Å². The van der Waals surface area contributed by atoms with E-state index in [0.717, 1.165) is 6.07 Å². The van der Waals surface area contributed by atoms with Gasteiger partial charge in [-0.15, -0.1) is 0 Å². The molecule has 0 fully saturated rings. The average Bonchev–Trinajstić information content (AvgIpc) is 2.66. The van der Waals surface area contributed by atoms with E-state index in [0.29, 0.717) is 10.8 Å². The van der Waals surface area contributed by atoms with E-state index in [1.54, 1.807) is 0 Å². The zero-order valence-corrected chi connectivity index (χ0v) is 15.5. The molecule has 0 atom stereocenters. The van der Waals surface area contributed by atoms with E-state index in [1.807, 2.05) is 0 Å². The molecule has 0 aliphatic carbocycles. The first-order valence-corrected chi connectivity index (χ1v) is 8.42. The summed E-state index contributed by atoms with van der Waals surface area (Å²) in [4.78, 5) is 36.4. The van der Waals surface area contributed by atoms with Crippen LogP contribution in [-0.2, 0) is 4.74 Å². The number of ketones is 1. The zero-order chi connectivity index (χ0) is 19.6. The number of benzene rings is 2. The van der Waals surface area contributed by atoms with Crippen molar-refractivity contribution in [1.29, 1.82) is 0 Å². The highest BCUT2D eigenvalue weighted by molar-refractivity contribution is 6.32. The largest absolute Gasteiger partial charge is 0.495 e. The highest BCUT2D eigenvalue weighted by Crippen LogP contribution is 2.25. The van der Waals surface area contributed by atoms with Crippen molar-refractivity contribution in [2.24, 2.45) is 0 Å². The number of hydrogen-bond donors (Lipinski definition) is 0. The van der Waals surface area contributed by atoms with Crippen LogP contribution in [0.5, 0.6) is 5.75 Å². The van der Waals surface area contributed by atoms with Gasteiger partial charge in [-0.05, 0) is 36.4 Å². The summed E-state index contributed by atoms with van der Waals surface area (Å²) in [5.41, 5.74) is -0.00529. The second-order valence-electron chi connectivity index (χ2n) is 5.46. The Morgan fingerprint density at radius 3 is 2.56 bits per heavy atom. The second-order valence-corrected chi connectivity index (χ2v) is 6.31. The summed E-state index contributed by atoms with van der Waals surface area (Å²) in [6.07, 6.45) is 0. The normalized spacial score (nSPS) is 10.6. The van der Waals surface area contributed by atoms with Crippen molar-refractivity contribution in [3.63, 3.8) is 0 Å². The number of hydrogen-bond acceptors (Lipinski definition) is 6. The van der Waals surface area contributed by atoms with Crippen molar-refractivity contribution >= 4 is 45.9 Å². The standard InChI is InChI=1S/C19H12Cl2O6/c1-25-17-4-2-10(6-13(17)21)15(23)9-26-19(24)18-8-14(22)12-7-11(20)3-5-16(12)27-18/h2-8H,9H2,1H3. The fourth-order valence-electron chi connectivity index (χ4n) is 2.35. The molecule has 0 unspecified atom stereocenters. The Hall–Kier alpha value is -2.83. The molecule has 0 bridgehead atoms. The highest BCUT2D eigenvalue weighted by Gasteiger charge is 2.17. The third-order valence-electron chi connectivity index (χ3n) is 3.70. The zero-order valence-electron chi connectivity index (χ0n) is 14.0. The highest BCUT2D eigenvalue weighted by atomic mass is 35.5. The lowest BCUT2D eigenvalue weighted by Crippen LogP contribution is -2.16. The molecule has 0 aliphatic heterocycles. The van der Waals surface area contributed by atoms with Gasteiger partial charge in [-0.25, -0.2) is 4.79 Å². The van der Waals surface area contributed by atoms with Crippen LogP contribution in [0.15, 0.2) is 51.7 Å². The number of carbonyl (C=O) groups is 2. The van der Waals surface area contributed by atoms with Crippen LogP contribution in [0, 0.1) is 0 Å². The number of esters is 1. The lowest BCUT2D eigenvalue weighted by Gasteiger charge is -2.07. The summed E-state index contributed by atoms with van der Waals surface area (Å²) in [5.74, 6) is -1.29. The average molecular weight is 407 g/mol. The van der Waals surface area contributed by atoms with Crippen molar-refractivity contribution in [1.82, 2.24) is 0 Å². The number of fused-ring (bicyclic) bond motifs is 1. The summed E-state index contributed by atoms with van der Waals surface area (Å²) < 4.78 is 15.3. The molecule has 1 heterocycles. The van der Waals surface area contributed by atoms with Crippen molar-refractivity contribution in [3.05, 3.63) is 74.1 Å². The lowest BCUT2D eigenvalue weighted by atomic mass is 10.1. The number of halogens is 2. The predicted octanol–water partition coefficient (Wildman–Crippen LogP) is 4.15. The van der Waals surface area contributed by atoms with E-state index in [4.69, 9.17) is 37.1 Å². The van der Waals surface area contributed by atoms with Crippen LogP contribution in [-0.4, -0.2) is 25.5 Å². The molecule has 8 heteroatoms. The molecule has 1 aromatic heterocycles. The maximum atomic E-state index is 12.2. The molecule has 3 aromatic rings. The molecular formula is C19H12Cl2O6. The van der Waals surface area contributed by atoms with E-state index in [-0.39, 0.29) is 27.3 Å². The summed E-state index contributed by atoms with van der Waals surface area (Å²) in [5, 5.41) is 0.866. The topological polar surface area (TPSA) is 82.8 Å². The molecule has 138 valence electrons. The molecule has 0 saturated heterocycles. The fourth-order valence-corrected chi connectivity index (χ4v) is 2.78. The first-order valence-electron chi connectivity index (χ1n) is 7.66. The van der Waals surface area contributed by atoms with Gasteiger partial charge in [0.2, 0.25) is 5.76 Å². The third-order valence-corrected chi connectivity index (χ3v) is 4.23. The molecular weight excluding hydrogens is 395 g/mol. The summed E-state index contributed by atoms with van der Waals surface area (Å²) in [7, 11) is 1.45. The Balaban J connectivity index is 1.75. The number of ether oxygens (including phenoxy) is 2. The number of rotatable bonds is 5. The molecule has 0 saturated carbocycles.